The summed E-state index contributed by atoms with van der Waals surface area (Å²) in [6.07, 6.45) is 4.43. The minimum absolute atomic E-state index is 0.237. The third kappa shape index (κ3) is 1.70. The smallest absolute Gasteiger partial charge is 0.303 e. The molecule has 2 aliphatic rings. The summed E-state index contributed by atoms with van der Waals surface area (Å²) in [6, 6.07) is 0. The molecule has 1 aliphatic carbocycles. The third-order valence-corrected chi connectivity index (χ3v) is 3.49. The van der Waals surface area contributed by atoms with Gasteiger partial charge >= 0.3 is 5.97 Å². The van der Waals surface area contributed by atoms with Gasteiger partial charge in [-0.3, -0.25) is 4.79 Å². The molecule has 86 valence electrons. The van der Waals surface area contributed by atoms with E-state index >= 15 is 0 Å². The van der Waals surface area contributed by atoms with E-state index in [0.717, 1.165) is 31.0 Å². The van der Waals surface area contributed by atoms with Gasteiger partial charge in [0.05, 0.1) is 0 Å². The van der Waals surface area contributed by atoms with Gasteiger partial charge in [0.2, 0.25) is 0 Å². The molecule has 2 heterocycles. The van der Waals surface area contributed by atoms with Gasteiger partial charge in [0, 0.05) is 25.3 Å². The summed E-state index contributed by atoms with van der Waals surface area (Å²) in [5, 5.41) is 17.2. The van der Waals surface area contributed by atoms with E-state index < -0.39 is 5.97 Å². The average molecular weight is 221 g/mol. The maximum atomic E-state index is 10.7. The quantitative estimate of drug-likeness (QED) is 0.832. The van der Waals surface area contributed by atoms with Crippen LogP contribution in [0.4, 0.5) is 0 Å². The number of hydrogen-bond donors (Lipinski definition) is 1. The van der Waals surface area contributed by atoms with Crippen LogP contribution in [0.2, 0.25) is 0 Å². The fraction of sp³-hybridized carbons (Fsp3) is 0.727. The molecule has 0 saturated heterocycles. The summed E-state index contributed by atoms with van der Waals surface area (Å²) in [5.41, 5.74) is 0. The summed E-state index contributed by atoms with van der Waals surface area (Å²) < 4.78 is 2.20. The van der Waals surface area contributed by atoms with Crippen LogP contribution < -0.4 is 0 Å². The highest BCUT2D eigenvalue weighted by atomic mass is 16.4. The van der Waals surface area contributed by atoms with Crippen molar-refractivity contribution in [3.63, 3.8) is 0 Å². The molecule has 0 spiro atoms. The number of carbonyl (C=O) groups is 1. The van der Waals surface area contributed by atoms with Gasteiger partial charge in [0.25, 0.3) is 0 Å². The van der Waals surface area contributed by atoms with Gasteiger partial charge in [-0.25, -0.2) is 0 Å². The van der Waals surface area contributed by atoms with Crippen molar-refractivity contribution in [3.8, 4) is 0 Å². The molecule has 16 heavy (non-hydrogen) atoms. The zero-order chi connectivity index (χ0) is 11.1. The first kappa shape index (κ1) is 9.81. The number of hydrogen-bond acceptors (Lipinski definition) is 3. The molecule has 1 N–H and O–H groups in total. The Balaban J connectivity index is 1.77. The maximum Gasteiger partial charge on any atom is 0.303 e. The number of fused-ring (bicyclic) bond motifs is 1. The van der Waals surface area contributed by atoms with Gasteiger partial charge in [-0.2, -0.15) is 0 Å². The van der Waals surface area contributed by atoms with E-state index in [1.54, 1.807) is 0 Å². The summed E-state index contributed by atoms with van der Waals surface area (Å²) in [4.78, 5) is 10.7. The number of carboxylic acid groups (broad SMARTS) is 1. The first-order valence-electron chi connectivity index (χ1n) is 5.88. The van der Waals surface area contributed by atoms with Gasteiger partial charge < -0.3 is 9.67 Å². The van der Waals surface area contributed by atoms with Gasteiger partial charge in [-0.05, 0) is 25.2 Å². The number of aromatic nitrogens is 3. The number of carboxylic acids is 1. The van der Waals surface area contributed by atoms with Crippen molar-refractivity contribution in [1.29, 1.82) is 0 Å². The summed E-state index contributed by atoms with van der Waals surface area (Å²) in [7, 11) is 0. The first-order chi connectivity index (χ1) is 7.74. The average Bonchev–Trinajstić information content (AvgIpc) is 2.98. The van der Waals surface area contributed by atoms with Crippen molar-refractivity contribution in [2.24, 2.45) is 5.92 Å². The number of aliphatic carboxylic acids is 1. The summed E-state index contributed by atoms with van der Waals surface area (Å²) in [6.45, 7) is 0.895. The minimum atomic E-state index is -0.708. The predicted octanol–water partition coefficient (Wildman–Crippen LogP) is 1.19. The lowest BCUT2D eigenvalue weighted by Crippen LogP contribution is -2.22. The normalized spacial score (nSPS) is 24.1. The Bertz CT molecular complexity index is 423. The Labute approximate surface area is 93.5 Å². The van der Waals surface area contributed by atoms with Crippen molar-refractivity contribution in [3.05, 3.63) is 11.6 Å². The topological polar surface area (TPSA) is 68.0 Å². The van der Waals surface area contributed by atoms with Crippen LogP contribution in [0, 0.1) is 5.92 Å². The SMILES string of the molecule is O=C(O)CC1CCn2c(nnc2C2CC2)C1. The lowest BCUT2D eigenvalue weighted by Gasteiger charge is -2.22. The Morgan fingerprint density at radius 2 is 2.19 bits per heavy atom. The van der Waals surface area contributed by atoms with Crippen LogP contribution in [0.1, 0.15) is 43.3 Å². The van der Waals surface area contributed by atoms with Crippen LogP contribution in [0.3, 0.4) is 0 Å². The molecule has 1 unspecified atom stereocenters. The molecule has 0 radical (unpaired) electrons. The molecule has 0 amide bonds. The van der Waals surface area contributed by atoms with Crippen LogP contribution in [-0.2, 0) is 17.8 Å². The minimum Gasteiger partial charge on any atom is -0.481 e. The first-order valence-corrected chi connectivity index (χ1v) is 5.88. The highest BCUT2D eigenvalue weighted by Crippen LogP contribution is 2.40. The second-order valence-electron chi connectivity index (χ2n) is 4.86. The molecule has 3 rings (SSSR count). The van der Waals surface area contributed by atoms with E-state index in [2.05, 4.69) is 14.8 Å². The van der Waals surface area contributed by atoms with E-state index in [-0.39, 0.29) is 12.3 Å². The lowest BCUT2D eigenvalue weighted by atomic mass is 9.94. The van der Waals surface area contributed by atoms with Crippen LogP contribution in [0.15, 0.2) is 0 Å². The Hall–Kier alpha value is -1.39. The Morgan fingerprint density at radius 3 is 2.88 bits per heavy atom. The van der Waals surface area contributed by atoms with Gasteiger partial charge in [-0.15, -0.1) is 10.2 Å². The summed E-state index contributed by atoms with van der Waals surface area (Å²) >= 11 is 0. The standard InChI is InChI=1S/C11H15N3O2/c15-10(16)6-7-3-4-14-9(5-7)12-13-11(14)8-1-2-8/h7-8H,1-6H2,(H,15,16). The molecule has 1 aromatic heterocycles. The van der Waals surface area contributed by atoms with E-state index in [9.17, 15) is 4.79 Å². The van der Waals surface area contributed by atoms with Gasteiger partial charge in [0.15, 0.2) is 0 Å². The van der Waals surface area contributed by atoms with Crippen LogP contribution in [0.25, 0.3) is 0 Å². The number of rotatable bonds is 3. The summed E-state index contributed by atoms with van der Waals surface area (Å²) in [5.74, 6) is 2.27. The molecule has 5 nitrogen and oxygen atoms in total. The largest absolute Gasteiger partial charge is 0.481 e. The zero-order valence-electron chi connectivity index (χ0n) is 9.09. The van der Waals surface area contributed by atoms with Crippen molar-refractivity contribution < 1.29 is 9.90 Å². The van der Waals surface area contributed by atoms with Crippen LogP contribution in [-0.4, -0.2) is 25.8 Å². The molecule has 0 aromatic carbocycles. The third-order valence-electron chi connectivity index (χ3n) is 3.49. The molecule has 1 fully saturated rings. The second kappa shape index (κ2) is 3.57. The molecule has 1 aromatic rings. The van der Waals surface area contributed by atoms with Crippen molar-refractivity contribution in [2.75, 3.05) is 0 Å². The van der Waals surface area contributed by atoms with E-state index in [4.69, 9.17) is 5.11 Å². The predicted molar refractivity (Wildman–Crippen MR) is 56.1 cm³/mol. The molecular formula is C11H15N3O2. The molecule has 1 saturated carbocycles. The Kier molecular flexibility index (Phi) is 2.19. The molecule has 5 heteroatoms. The fourth-order valence-corrected chi connectivity index (χ4v) is 2.48. The molecule has 1 aliphatic heterocycles. The lowest BCUT2D eigenvalue weighted by molar-refractivity contribution is -0.138. The van der Waals surface area contributed by atoms with E-state index in [1.807, 2.05) is 0 Å². The fourth-order valence-electron chi connectivity index (χ4n) is 2.48. The van der Waals surface area contributed by atoms with Gasteiger partial charge in [0.1, 0.15) is 11.6 Å². The molecule has 0 bridgehead atoms. The van der Waals surface area contributed by atoms with Crippen LogP contribution >= 0.6 is 0 Å². The highest BCUT2D eigenvalue weighted by molar-refractivity contribution is 5.67. The van der Waals surface area contributed by atoms with E-state index in [1.165, 1.54) is 12.8 Å². The highest BCUT2D eigenvalue weighted by Gasteiger charge is 2.32. The van der Waals surface area contributed by atoms with E-state index in [0.29, 0.717) is 5.92 Å². The number of nitrogens with zero attached hydrogens (tertiary/aromatic N) is 3. The zero-order valence-corrected chi connectivity index (χ0v) is 9.09. The second-order valence-corrected chi connectivity index (χ2v) is 4.86. The maximum absolute atomic E-state index is 10.7. The van der Waals surface area contributed by atoms with Crippen molar-refractivity contribution >= 4 is 5.97 Å². The molecular weight excluding hydrogens is 206 g/mol. The van der Waals surface area contributed by atoms with Crippen LogP contribution in [0.5, 0.6) is 0 Å². The van der Waals surface area contributed by atoms with Crippen molar-refractivity contribution in [1.82, 2.24) is 14.8 Å². The van der Waals surface area contributed by atoms with Gasteiger partial charge in [-0.1, -0.05) is 0 Å². The molecule has 1 atom stereocenters. The monoisotopic (exact) mass is 221 g/mol. The van der Waals surface area contributed by atoms with Crippen molar-refractivity contribution in [2.45, 2.75) is 44.6 Å². The Morgan fingerprint density at radius 1 is 1.38 bits per heavy atom.